The molecule has 0 saturated heterocycles. The second-order valence-electron chi connectivity index (χ2n) is 9.15. The molecule has 0 unspecified atom stereocenters. The van der Waals surface area contributed by atoms with E-state index in [2.05, 4.69) is 16.4 Å². The van der Waals surface area contributed by atoms with Crippen LogP contribution in [-0.4, -0.2) is 41.5 Å². The average molecular weight is 458 g/mol. The van der Waals surface area contributed by atoms with Gasteiger partial charge in [-0.1, -0.05) is 96.8 Å². The van der Waals surface area contributed by atoms with Crippen LogP contribution in [0.15, 0.2) is 0 Å². The van der Waals surface area contributed by atoms with E-state index < -0.39 is 0 Å². The lowest BCUT2D eigenvalue weighted by Gasteiger charge is -2.23. The minimum absolute atomic E-state index is 0. The predicted octanol–water partition coefficient (Wildman–Crippen LogP) is 4.16. The molecule has 166 valence electrons. The van der Waals surface area contributed by atoms with Crippen LogP contribution in [0.3, 0.4) is 0 Å². The van der Waals surface area contributed by atoms with E-state index in [4.69, 9.17) is 0 Å². The molecule has 0 fully saturated rings. The van der Waals surface area contributed by atoms with E-state index in [1.807, 2.05) is 0 Å². The Morgan fingerprint density at radius 1 is 0.643 bits per heavy atom. The van der Waals surface area contributed by atoms with Crippen molar-refractivity contribution < 1.29 is 21.6 Å². The van der Waals surface area contributed by atoms with Crippen molar-refractivity contribution in [2.75, 3.05) is 26.2 Å². The molecule has 0 atom stereocenters. The smallest absolute Gasteiger partial charge is 0.246 e. The highest BCUT2D eigenvalue weighted by Gasteiger charge is 2.30. The monoisotopic (exact) mass is 456 g/mol. The highest BCUT2D eigenvalue weighted by Crippen LogP contribution is 2.16. The van der Waals surface area contributed by atoms with E-state index >= 15 is 0 Å². The van der Waals surface area contributed by atoms with Crippen LogP contribution in [0, 0.1) is 0 Å². The molecule has 0 aliphatic carbocycles. The van der Waals surface area contributed by atoms with Gasteiger partial charge in [-0.3, -0.25) is 9.48 Å². The molecule has 0 bridgehead atoms. The number of unbranched alkanes of at least 4 members (excludes halogenated alkanes) is 15. The molecule has 0 aromatic rings. The van der Waals surface area contributed by atoms with Gasteiger partial charge in [0.2, 0.25) is 5.84 Å². The van der Waals surface area contributed by atoms with Gasteiger partial charge in [-0.2, -0.15) is 0 Å². The van der Waals surface area contributed by atoms with Crippen LogP contribution in [0.25, 0.3) is 0 Å². The Balaban J connectivity index is 0.00000392. The number of amidine groups is 1. The molecule has 3 heteroatoms. The fourth-order valence-electron chi connectivity index (χ4n) is 4.99. The SMILES string of the molecule is CCCCCCCCCCCCCCCCCCN1CCC[N+]2=C1CCC2.[Br-]. The molecular weight excluding hydrogens is 408 g/mol. The second-order valence-corrected chi connectivity index (χ2v) is 9.15. The topological polar surface area (TPSA) is 6.25 Å². The molecule has 2 heterocycles. The number of nitrogens with zero attached hydrogens (tertiary/aromatic N) is 2. The lowest BCUT2D eigenvalue weighted by Crippen LogP contribution is -3.00. The number of halogens is 1. The van der Waals surface area contributed by atoms with Crippen molar-refractivity contribution in [2.45, 2.75) is 129 Å². The van der Waals surface area contributed by atoms with E-state index in [0.717, 1.165) is 0 Å². The molecule has 0 spiro atoms. The van der Waals surface area contributed by atoms with Gasteiger partial charge < -0.3 is 17.0 Å². The second kappa shape index (κ2) is 17.8. The molecule has 28 heavy (non-hydrogen) atoms. The third kappa shape index (κ3) is 11.2. The van der Waals surface area contributed by atoms with E-state index in [1.165, 1.54) is 148 Å². The van der Waals surface area contributed by atoms with Gasteiger partial charge in [0.05, 0.1) is 32.6 Å². The Labute approximate surface area is 187 Å². The lowest BCUT2D eigenvalue weighted by atomic mass is 10.0. The first kappa shape index (κ1) is 26.0. The number of rotatable bonds is 17. The number of hydrogen-bond acceptors (Lipinski definition) is 1. The Morgan fingerprint density at radius 3 is 1.64 bits per heavy atom. The fourth-order valence-corrected chi connectivity index (χ4v) is 4.99. The van der Waals surface area contributed by atoms with Gasteiger partial charge in [-0.15, -0.1) is 0 Å². The normalized spacial score (nSPS) is 16.4. The van der Waals surface area contributed by atoms with Crippen molar-refractivity contribution in [1.82, 2.24) is 4.90 Å². The maximum atomic E-state index is 2.71. The number of hydrogen-bond donors (Lipinski definition) is 0. The third-order valence-corrected chi connectivity index (χ3v) is 6.70. The summed E-state index contributed by atoms with van der Waals surface area (Å²) in [4.78, 5) is 2.71. The van der Waals surface area contributed by atoms with Crippen molar-refractivity contribution in [3.63, 3.8) is 0 Å². The van der Waals surface area contributed by atoms with Crippen molar-refractivity contribution in [1.29, 1.82) is 0 Å². The molecule has 2 rings (SSSR count). The summed E-state index contributed by atoms with van der Waals surface area (Å²) in [5.41, 5.74) is 0. The molecule has 0 saturated carbocycles. The Kier molecular flexibility index (Phi) is 16.5. The third-order valence-electron chi connectivity index (χ3n) is 6.70. The first-order valence-electron chi connectivity index (χ1n) is 12.8. The van der Waals surface area contributed by atoms with Crippen LogP contribution in [0.4, 0.5) is 0 Å². The standard InChI is InChI=1S/C25H49N2.BrH/c1-2-3-4-5-6-7-8-9-10-11-12-13-14-15-16-17-21-26-23-19-24-27-22-18-20-25(26)27;/h2-24H2,1H3;1H/q+1;/p-1. The van der Waals surface area contributed by atoms with Gasteiger partial charge >= 0.3 is 0 Å². The predicted molar refractivity (Wildman–Crippen MR) is 120 cm³/mol. The van der Waals surface area contributed by atoms with Crippen LogP contribution in [-0.2, 0) is 0 Å². The molecule has 0 amide bonds. The summed E-state index contributed by atoms with van der Waals surface area (Å²) in [5, 5.41) is 0. The zero-order valence-corrected chi connectivity index (χ0v) is 20.6. The summed E-state index contributed by atoms with van der Waals surface area (Å²) >= 11 is 0. The van der Waals surface area contributed by atoms with Crippen molar-refractivity contribution >= 4 is 5.84 Å². The molecule has 2 aliphatic rings. The minimum Gasteiger partial charge on any atom is -1.00 e. The van der Waals surface area contributed by atoms with Crippen LogP contribution in [0.1, 0.15) is 129 Å². The largest absolute Gasteiger partial charge is 1.00 e. The van der Waals surface area contributed by atoms with E-state index in [0.29, 0.717) is 0 Å². The molecule has 0 N–H and O–H groups in total. The first-order valence-corrected chi connectivity index (χ1v) is 12.8. The minimum atomic E-state index is 0. The zero-order valence-electron chi connectivity index (χ0n) is 19.0. The zero-order chi connectivity index (χ0) is 19.0. The van der Waals surface area contributed by atoms with Crippen LogP contribution < -0.4 is 17.0 Å². The fraction of sp³-hybridized carbons (Fsp3) is 0.960. The van der Waals surface area contributed by atoms with E-state index in [1.54, 1.807) is 5.84 Å². The summed E-state index contributed by atoms with van der Waals surface area (Å²) in [6, 6.07) is 0. The van der Waals surface area contributed by atoms with Gasteiger partial charge in [0, 0.05) is 6.42 Å². The summed E-state index contributed by atoms with van der Waals surface area (Å²) < 4.78 is 2.65. The van der Waals surface area contributed by atoms with E-state index in [9.17, 15) is 0 Å². The van der Waals surface area contributed by atoms with Gasteiger partial charge in [0.25, 0.3) is 0 Å². The van der Waals surface area contributed by atoms with Crippen LogP contribution in [0.2, 0.25) is 0 Å². The van der Waals surface area contributed by atoms with Crippen LogP contribution >= 0.6 is 0 Å². The van der Waals surface area contributed by atoms with Gasteiger partial charge in [0.1, 0.15) is 0 Å². The molecule has 2 nitrogen and oxygen atoms in total. The molecular formula is C25H49BrN2. The van der Waals surface area contributed by atoms with Crippen molar-refractivity contribution in [3.05, 3.63) is 0 Å². The molecule has 2 aliphatic heterocycles. The van der Waals surface area contributed by atoms with E-state index in [-0.39, 0.29) is 17.0 Å². The first-order chi connectivity index (χ1) is 13.4. The van der Waals surface area contributed by atoms with Gasteiger partial charge in [0.15, 0.2) is 0 Å². The summed E-state index contributed by atoms with van der Waals surface area (Å²) in [5.74, 6) is 1.68. The summed E-state index contributed by atoms with van der Waals surface area (Å²) in [6.45, 7) is 7.60. The summed E-state index contributed by atoms with van der Waals surface area (Å²) in [6.07, 6.45) is 27.5. The highest BCUT2D eigenvalue weighted by atomic mass is 79.9. The molecule has 0 aromatic carbocycles. The lowest BCUT2D eigenvalue weighted by molar-refractivity contribution is -0.530. The molecule has 0 radical (unpaired) electrons. The van der Waals surface area contributed by atoms with Crippen molar-refractivity contribution in [3.8, 4) is 0 Å². The maximum absolute atomic E-state index is 2.71. The Hall–Kier alpha value is -0.0500. The maximum Gasteiger partial charge on any atom is 0.246 e. The van der Waals surface area contributed by atoms with Gasteiger partial charge in [-0.05, 0) is 19.3 Å². The quantitative estimate of drug-likeness (QED) is 0.235. The Morgan fingerprint density at radius 2 is 1.11 bits per heavy atom. The van der Waals surface area contributed by atoms with Crippen molar-refractivity contribution in [2.24, 2.45) is 0 Å². The highest BCUT2D eigenvalue weighted by molar-refractivity contribution is 5.78. The average Bonchev–Trinajstić information content (AvgIpc) is 3.17. The summed E-state index contributed by atoms with van der Waals surface area (Å²) in [7, 11) is 0. The Bertz CT molecular complexity index is 394. The molecule has 0 aromatic heterocycles. The van der Waals surface area contributed by atoms with Crippen LogP contribution in [0.5, 0.6) is 0 Å². The van der Waals surface area contributed by atoms with Gasteiger partial charge in [-0.25, -0.2) is 0 Å².